The fourth-order valence-electron chi connectivity index (χ4n) is 3.15. The largest absolute Gasteiger partial charge is 0.507 e. The van der Waals surface area contributed by atoms with Gasteiger partial charge in [0, 0.05) is 6.07 Å². The summed E-state index contributed by atoms with van der Waals surface area (Å²) >= 11 is 0. The van der Waals surface area contributed by atoms with Crippen LogP contribution in [-0.4, -0.2) is 39.3 Å². The molecule has 0 aliphatic carbocycles. The van der Waals surface area contributed by atoms with Crippen LogP contribution in [0.1, 0.15) is 63.4 Å². The second kappa shape index (κ2) is 11.0. The standard InChI is InChI=1S/C25H25N3O6/c1-4-16-12-18(15(3)29)21(30)13-22(16)34-14-17-8-6-9-19(26-17)24(31)28-23-11-7-10-20(27-23)25(32)33-5-2/h6-13,30H,4-5,14H2,1-3H3,(H,27,28,31). The number of amides is 1. The summed E-state index contributed by atoms with van der Waals surface area (Å²) in [5, 5.41) is 12.7. The van der Waals surface area contributed by atoms with Crippen LogP contribution in [0.2, 0.25) is 0 Å². The summed E-state index contributed by atoms with van der Waals surface area (Å²) in [7, 11) is 0. The number of aromatic nitrogens is 2. The predicted molar refractivity (Wildman–Crippen MR) is 124 cm³/mol. The van der Waals surface area contributed by atoms with Crippen LogP contribution in [0.3, 0.4) is 0 Å². The van der Waals surface area contributed by atoms with Gasteiger partial charge in [-0.2, -0.15) is 0 Å². The van der Waals surface area contributed by atoms with Gasteiger partial charge in [-0.15, -0.1) is 0 Å². The first-order valence-electron chi connectivity index (χ1n) is 10.7. The Balaban J connectivity index is 1.71. The molecule has 9 heteroatoms. The molecule has 3 aromatic rings. The van der Waals surface area contributed by atoms with E-state index in [0.717, 1.165) is 5.56 Å². The number of esters is 1. The van der Waals surface area contributed by atoms with Crippen LogP contribution in [0.4, 0.5) is 5.82 Å². The van der Waals surface area contributed by atoms with Crippen molar-refractivity contribution in [2.75, 3.05) is 11.9 Å². The molecule has 0 saturated carbocycles. The van der Waals surface area contributed by atoms with Gasteiger partial charge in [0.25, 0.3) is 5.91 Å². The Bertz CT molecular complexity index is 1230. The van der Waals surface area contributed by atoms with E-state index in [1.807, 2.05) is 6.92 Å². The van der Waals surface area contributed by atoms with Crippen LogP contribution >= 0.6 is 0 Å². The minimum Gasteiger partial charge on any atom is -0.507 e. The zero-order valence-corrected chi connectivity index (χ0v) is 19.1. The zero-order chi connectivity index (χ0) is 24.7. The molecule has 176 valence electrons. The van der Waals surface area contributed by atoms with E-state index < -0.39 is 11.9 Å². The average molecular weight is 463 g/mol. The molecule has 0 aliphatic rings. The maximum atomic E-state index is 12.7. The molecular weight excluding hydrogens is 438 g/mol. The smallest absolute Gasteiger partial charge is 0.356 e. The van der Waals surface area contributed by atoms with Crippen molar-refractivity contribution in [3.63, 3.8) is 0 Å². The van der Waals surface area contributed by atoms with E-state index in [1.54, 1.807) is 43.3 Å². The Morgan fingerprint density at radius 1 is 1.00 bits per heavy atom. The van der Waals surface area contributed by atoms with Crippen molar-refractivity contribution in [2.45, 2.75) is 33.8 Å². The Morgan fingerprint density at radius 2 is 1.74 bits per heavy atom. The summed E-state index contributed by atoms with van der Waals surface area (Å²) in [5.41, 5.74) is 1.71. The van der Waals surface area contributed by atoms with Gasteiger partial charge < -0.3 is 19.9 Å². The third kappa shape index (κ3) is 5.94. The van der Waals surface area contributed by atoms with Crippen LogP contribution < -0.4 is 10.1 Å². The highest BCUT2D eigenvalue weighted by molar-refractivity contribution is 6.02. The highest BCUT2D eigenvalue weighted by Crippen LogP contribution is 2.29. The van der Waals surface area contributed by atoms with Gasteiger partial charge in [-0.05, 0) is 56.2 Å². The molecule has 0 atom stereocenters. The van der Waals surface area contributed by atoms with E-state index in [1.165, 1.54) is 19.1 Å². The molecule has 0 radical (unpaired) electrons. The van der Waals surface area contributed by atoms with Gasteiger partial charge in [0.2, 0.25) is 0 Å². The summed E-state index contributed by atoms with van der Waals surface area (Å²) in [5.74, 6) is -0.855. The molecule has 0 aliphatic heterocycles. The maximum Gasteiger partial charge on any atom is 0.356 e. The number of hydrogen-bond acceptors (Lipinski definition) is 8. The van der Waals surface area contributed by atoms with Crippen LogP contribution in [0.25, 0.3) is 0 Å². The van der Waals surface area contributed by atoms with E-state index >= 15 is 0 Å². The molecule has 2 N–H and O–H groups in total. The number of phenolic OH excluding ortho intramolecular Hbond substituents is 1. The lowest BCUT2D eigenvalue weighted by molar-refractivity contribution is 0.0519. The molecule has 0 spiro atoms. The number of carbonyl (C=O) groups excluding carboxylic acids is 3. The van der Waals surface area contributed by atoms with Gasteiger partial charge in [0.05, 0.1) is 17.9 Å². The molecule has 0 bridgehead atoms. The quantitative estimate of drug-likeness (QED) is 0.361. The number of rotatable bonds is 9. The second-order valence-electron chi connectivity index (χ2n) is 7.27. The number of ether oxygens (including phenoxy) is 2. The van der Waals surface area contributed by atoms with Gasteiger partial charge in [0.1, 0.15) is 29.6 Å². The van der Waals surface area contributed by atoms with Gasteiger partial charge in [-0.1, -0.05) is 19.1 Å². The van der Waals surface area contributed by atoms with Crippen LogP contribution in [0, 0.1) is 0 Å². The number of aryl methyl sites for hydroxylation is 1. The van der Waals surface area contributed by atoms with Gasteiger partial charge in [0.15, 0.2) is 11.5 Å². The maximum absolute atomic E-state index is 12.7. The van der Waals surface area contributed by atoms with Crippen molar-refractivity contribution >= 4 is 23.5 Å². The zero-order valence-electron chi connectivity index (χ0n) is 19.1. The molecule has 2 aromatic heterocycles. The summed E-state index contributed by atoms with van der Waals surface area (Å²) < 4.78 is 10.7. The molecule has 34 heavy (non-hydrogen) atoms. The number of Topliss-reactive ketones (excluding diaryl/α,β-unsaturated/α-hetero) is 1. The molecule has 3 rings (SSSR count). The number of pyridine rings is 2. The van der Waals surface area contributed by atoms with E-state index in [4.69, 9.17) is 9.47 Å². The SMILES string of the molecule is CCOC(=O)c1cccc(NC(=O)c2cccc(COc3cc(O)c(C(C)=O)cc3CC)n2)n1. The number of carbonyl (C=O) groups is 3. The van der Waals surface area contributed by atoms with E-state index in [-0.39, 0.29) is 47.5 Å². The normalized spacial score (nSPS) is 10.4. The molecule has 0 unspecified atom stereocenters. The summed E-state index contributed by atoms with van der Waals surface area (Å²) in [6, 6.07) is 12.6. The van der Waals surface area contributed by atoms with Crippen molar-refractivity contribution in [2.24, 2.45) is 0 Å². The fraction of sp³-hybridized carbons (Fsp3) is 0.240. The lowest BCUT2D eigenvalue weighted by Crippen LogP contribution is -2.17. The van der Waals surface area contributed by atoms with Crippen LogP contribution in [0.15, 0.2) is 48.5 Å². The van der Waals surface area contributed by atoms with E-state index in [2.05, 4.69) is 15.3 Å². The van der Waals surface area contributed by atoms with E-state index in [0.29, 0.717) is 17.9 Å². The number of anilines is 1. The third-order valence-corrected chi connectivity index (χ3v) is 4.83. The molecule has 0 fully saturated rings. The summed E-state index contributed by atoms with van der Waals surface area (Å²) in [6.45, 7) is 5.26. The topological polar surface area (TPSA) is 128 Å². The lowest BCUT2D eigenvalue weighted by atomic mass is 10.0. The highest BCUT2D eigenvalue weighted by atomic mass is 16.5. The first-order chi connectivity index (χ1) is 16.3. The van der Waals surface area contributed by atoms with E-state index in [9.17, 15) is 19.5 Å². The lowest BCUT2D eigenvalue weighted by Gasteiger charge is -2.13. The van der Waals surface area contributed by atoms with Crippen molar-refractivity contribution in [1.82, 2.24) is 9.97 Å². The van der Waals surface area contributed by atoms with Crippen molar-refractivity contribution in [1.29, 1.82) is 0 Å². The number of nitrogens with zero attached hydrogens (tertiary/aromatic N) is 2. The summed E-state index contributed by atoms with van der Waals surface area (Å²) in [4.78, 5) is 44.6. The molecule has 9 nitrogen and oxygen atoms in total. The Kier molecular flexibility index (Phi) is 7.92. The number of phenols is 1. The van der Waals surface area contributed by atoms with Crippen molar-refractivity contribution in [3.8, 4) is 11.5 Å². The minimum atomic E-state index is -0.579. The monoisotopic (exact) mass is 463 g/mol. The predicted octanol–water partition coefficient (Wildman–Crippen LogP) is 3.96. The Hall–Kier alpha value is -4.27. The molecule has 2 heterocycles. The van der Waals surface area contributed by atoms with Crippen molar-refractivity contribution in [3.05, 3.63) is 76.7 Å². The molecule has 0 saturated heterocycles. The second-order valence-corrected chi connectivity index (χ2v) is 7.27. The third-order valence-electron chi connectivity index (χ3n) is 4.83. The minimum absolute atomic E-state index is 0.0452. The summed E-state index contributed by atoms with van der Waals surface area (Å²) in [6.07, 6.45) is 0.601. The Labute approximate surface area is 196 Å². The number of aromatic hydroxyl groups is 1. The number of hydrogen-bond donors (Lipinski definition) is 2. The van der Waals surface area contributed by atoms with Gasteiger partial charge in [-0.25, -0.2) is 14.8 Å². The number of nitrogens with one attached hydrogen (secondary N) is 1. The molecular formula is C25H25N3O6. The number of ketones is 1. The first-order valence-corrected chi connectivity index (χ1v) is 10.7. The fourth-order valence-corrected chi connectivity index (χ4v) is 3.15. The highest BCUT2D eigenvalue weighted by Gasteiger charge is 2.15. The van der Waals surface area contributed by atoms with Crippen molar-refractivity contribution < 1.29 is 29.0 Å². The first kappa shape index (κ1) is 24.4. The number of benzene rings is 1. The van der Waals surface area contributed by atoms with Gasteiger partial charge in [-0.3, -0.25) is 9.59 Å². The van der Waals surface area contributed by atoms with Crippen LogP contribution in [0.5, 0.6) is 11.5 Å². The van der Waals surface area contributed by atoms with Gasteiger partial charge >= 0.3 is 5.97 Å². The Morgan fingerprint density at radius 3 is 2.44 bits per heavy atom. The molecule has 1 aromatic carbocycles. The average Bonchev–Trinajstić information content (AvgIpc) is 2.83. The molecule has 1 amide bonds. The van der Waals surface area contributed by atoms with Crippen LogP contribution in [-0.2, 0) is 17.8 Å².